The molecule has 0 aromatic heterocycles. The van der Waals surface area contributed by atoms with Crippen LogP contribution in [0.4, 0.5) is 8.78 Å². The number of piperazine rings is 1. The average molecular weight is 498 g/mol. The van der Waals surface area contributed by atoms with Crippen LogP contribution in [-0.4, -0.2) is 67.7 Å². The van der Waals surface area contributed by atoms with Crippen molar-refractivity contribution in [2.45, 2.75) is 24.3 Å². The first-order valence-electron chi connectivity index (χ1n) is 10.9. The predicted molar refractivity (Wildman–Crippen MR) is 121 cm³/mol. The first kappa shape index (κ1) is 24.1. The summed E-state index contributed by atoms with van der Waals surface area (Å²) in [5, 5.41) is 0.708. The zero-order chi connectivity index (χ0) is 23.6. The molecule has 1 amide bonds. The molecule has 2 aliphatic rings. The lowest BCUT2D eigenvalue weighted by Gasteiger charge is -2.38. The van der Waals surface area contributed by atoms with Gasteiger partial charge in [-0.2, -0.15) is 4.31 Å². The fourth-order valence-corrected chi connectivity index (χ4v) is 6.10. The molecule has 4 rings (SSSR count). The maximum Gasteiger partial charge on any atom is 0.243 e. The second-order valence-corrected chi connectivity index (χ2v) is 10.9. The largest absolute Gasteiger partial charge is 0.340 e. The van der Waals surface area contributed by atoms with Crippen LogP contribution in [-0.2, 0) is 21.4 Å². The molecule has 6 nitrogen and oxygen atoms in total. The number of hydrogen-bond donors (Lipinski definition) is 0. The molecule has 178 valence electrons. The second kappa shape index (κ2) is 10.0. The van der Waals surface area contributed by atoms with Gasteiger partial charge < -0.3 is 4.90 Å². The molecule has 2 aromatic rings. The lowest BCUT2D eigenvalue weighted by molar-refractivity contribution is -0.138. The van der Waals surface area contributed by atoms with Gasteiger partial charge in [-0.1, -0.05) is 23.7 Å². The number of halogens is 3. The van der Waals surface area contributed by atoms with Gasteiger partial charge >= 0.3 is 0 Å². The number of carbonyl (C=O) groups is 1. The Kier molecular flexibility index (Phi) is 7.33. The van der Waals surface area contributed by atoms with Gasteiger partial charge in [-0.3, -0.25) is 9.69 Å². The number of carbonyl (C=O) groups excluding carboxylic acids is 1. The summed E-state index contributed by atoms with van der Waals surface area (Å²) in [7, 11) is -3.93. The van der Waals surface area contributed by atoms with E-state index in [0.717, 1.165) is 37.3 Å². The number of benzene rings is 2. The third-order valence-corrected chi connectivity index (χ3v) is 8.44. The van der Waals surface area contributed by atoms with Crippen LogP contribution in [0.5, 0.6) is 0 Å². The molecule has 0 spiro atoms. The highest BCUT2D eigenvalue weighted by Crippen LogP contribution is 2.26. The molecule has 0 atom stereocenters. The third kappa shape index (κ3) is 5.54. The van der Waals surface area contributed by atoms with Gasteiger partial charge in [0.05, 0.1) is 4.90 Å². The van der Waals surface area contributed by atoms with Gasteiger partial charge in [0.15, 0.2) is 11.6 Å². The van der Waals surface area contributed by atoms with Gasteiger partial charge in [-0.25, -0.2) is 17.2 Å². The van der Waals surface area contributed by atoms with Crippen molar-refractivity contribution in [1.29, 1.82) is 0 Å². The summed E-state index contributed by atoms with van der Waals surface area (Å²) in [5.74, 6) is -2.47. The van der Waals surface area contributed by atoms with E-state index in [0.29, 0.717) is 37.0 Å². The minimum absolute atomic E-state index is 0.0577. The molecular formula is C23H26ClF2N3O3S. The van der Waals surface area contributed by atoms with Crippen molar-refractivity contribution < 1.29 is 22.0 Å². The van der Waals surface area contributed by atoms with E-state index >= 15 is 0 Å². The van der Waals surface area contributed by atoms with Crippen molar-refractivity contribution in [2.75, 3.05) is 39.3 Å². The Labute approximate surface area is 197 Å². The smallest absolute Gasteiger partial charge is 0.243 e. The summed E-state index contributed by atoms with van der Waals surface area (Å²) in [6.45, 7) is 3.92. The van der Waals surface area contributed by atoms with Crippen LogP contribution < -0.4 is 0 Å². The second-order valence-electron chi connectivity index (χ2n) is 8.49. The summed E-state index contributed by atoms with van der Waals surface area (Å²) >= 11 is 6.06. The number of piperidine rings is 1. The summed E-state index contributed by atoms with van der Waals surface area (Å²) in [6.07, 6.45) is 0.814. The van der Waals surface area contributed by atoms with Gasteiger partial charge in [0.1, 0.15) is 0 Å². The highest BCUT2D eigenvalue weighted by Gasteiger charge is 2.35. The zero-order valence-corrected chi connectivity index (χ0v) is 19.7. The van der Waals surface area contributed by atoms with E-state index in [-0.39, 0.29) is 29.8 Å². The third-order valence-electron chi connectivity index (χ3n) is 6.31. The molecule has 2 saturated heterocycles. The summed E-state index contributed by atoms with van der Waals surface area (Å²) in [5.41, 5.74) is 1.14. The van der Waals surface area contributed by atoms with Crippen LogP contribution in [0.2, 0.25) is 5.02 Å². The highest BCUT2D eigenvalue weighted by atomic mass is 35.5. The molecule has 0 saturated carbocycles. The summed E-state index contributed by atoms with van der Waals surface area (Å²) < 4.78 is 53.4. The lowest BCUT2D eigenvalue weighted by Crippen LogP contribution is -2.51. The first-order chi connectivity index (χ1) is 15.7. The maximum atomic E-state index is 13.5. The molecule has 2 fully saturated rings. The Hall–Kier alpha value is -2.07. The number of hydrogen-bond acceptors (Lipinski definition) is 4. The van der Waals surface area contributed by atoms with Crippen LogP contribution in [0.3, 0.4) is 0 Å². The van der Waals surface area contributed by atoms with Crippen molar-refractivity contribution in [3.05, 3.63) is 64.7 Å². The van der Waals surface area contributed by atoms with Crippen molar-refractivity contribution in [1.82, 2.24) is 14.1 Å². The quantitative estimate of drug-likeness (QED) is 0.635. The summed E-state index contributed by atoms with van der Waals surface area (Å²) in [4.78, 5) is 16.9. The molecule has 0 unspecified atom stereocenters. The average Bonchev–Trinajstić information content (AvgIpc) is 2.81. The molecule has 10 heteroatoms. The zero-order valence-electron chi connectivity index (χ0n) is 18.1. The Balaban J connectivity index is 1.28. The Morgan fingerprint density at radius 1 is 0.939 bits per heavy atom. The van der Waals surface area contributed by atoms with Crippen LogP contribution in [0.25, 0.3) is 0 Å². The lowest BCUT2D eigenvalue weighted by atomic mass is 9.96. The summed E-state index contributed by atoms with van der Waals surface area (Å²) in [6, 6.07) is 10.3. The molecular weight excluding hydrogens is 472 g/mol. The van der Waals surface area contributed by atoms with Gasteiger partial charge in [0.25, 0.3) is 0 Å². The van der Waals surface area contributed by atoms with Crippen LogP contribution in [0.1, 0.15) is 18.4 Å². The van der Waals surface area contributed by atoms with Gasteiger partial charge in [0.2, 0.25) is 15.9 Å². The van der Waals surface area contributed by atoms with Gasteiger partial charge in [0, 0.05) is 56.8 Å². The Bertz CT molecular complexity index is 1120. The number of nitrogens with zero attached hydrogens (tertiary/aromatic N) is 3. The fraction of sp³-hybridized carbons (Fsp3) is 0.435. The van der Waals surface area contributed by atoms with Crippen molar-refractivity contribution in [2.24, 2.45) is 5.92 Å². The minimum Gasteiger partial charge on any atom is -0.340 e. The Morgan fingerprint density at radius 2 is 1.64 bits per heavy atom. The molecule has 2 aliphatic heterocycles. The van der Waals surface area contributed by atoms with E-state index in [1.165, 1.54) is 4.31 Å². The highest BCUT2D eigenvalue weighted by molar-refractivity contribution is 7.89. The molecule has 33 heavy (non-hydrogen) atoms. The number of amides is 1. The van der Waals surface area contributed by atoms with E-state index in [4.69, 9.17) is 11.6 Å². The number of rotatable bonds is 5. The van der Waals surface area contributed by atoms with Gasteiger partial charge in [-0.15, -0.1) is 0 Å². The van der Waals surface area contributed by atoms with E-state index in [1.807, 2.05) is 29.2 Å². The number of sulfonamides is 1. The standard InChI is InChI=1S/C23H26ClF2N3O3S/c24-19-3-1-2-17(14-19)16-27-10-12-28(13-11-27)23(30)18-6-8-29(9-7-18)33(31,32)20-4-5-21(25)22(26)15-20/h1-5,14-15,18H,6-13,16H2. The maximum absolute atomic E-state index is 13.5. The van der Waals surface area contributed by atoms with Crippen molar-refractivity contribution in [3.8, 4) is 0 Å². The fourth-order valence-electron chi connectivity index (χ4n) is 4.41. The van der Waals surface area contributed by atoms with Crippen LogP contribution in [0.15, 0.2) is 47.4 Å². The minimum atomic E-state index is -3.93. The Morgan fingerprint density at radius 3 is 2.27 bits per heavy atom. The van der Waals surface area contributed by atoms with Crippen LogP contribution in [0, 0.1) is 17.6 Å². The predicted octanol–water partition coefficient (Wildman–Crippen LogP) is 3.36. The van der Waals surface area contributed by atoms with Crippen molar-refractivity contribution >= 4 is 27.5 Å². The van der Waals surface area contributed by atoms with E-state index in [1.54, 1.807) is 0 Å². The molecule has 2 heterocycles. The topological polar surface area (TPSA) is 60.9 Å². The monoisotopic (exact) mass is 497 g/mol. The molecule has 0 bridgehead atoms. The van der Waals surface area contributed by atoms with E-state index in [9.17, 15) is 22.0 Å². The normalized spacial score (nSPS) is 19.1. The molecule has 0 N–H and O–H groups in total. The van der Waals surface area contributed by atoms with E-state index in [2.05, 4.69) is 4.90 Å². The molecule has 0 radical (unpaired) electrons. The molecule has 0 aliphatic carbocycles. The first-order valence-corrected chi connectivity index (χ1v) is 12.8. The van der Waals surface area contributed by atoms with Crippen LogP contribution >= 0.6 is 11.6 Å². The van der Waals surface area contributed by atoms with Gasteiger partial charge in [-0.05, 0) is 48.7 Å². The van der Waals surface area contributed by atoms with Crippen molar-refractivity contribution in [3.63, 3.8) is 0 Å². The SMILES string of the molecule is O=C(C1CCN(S(=O)(=O)c2ccc(F)c(F)c2)CC1)N1CCN(Cc2cccc(Cl)c2)CC1. The molecule has 2 aromatic carbocycles. The van der Waals surface area contributed by atoms with E-state index < -0.39 is 21.7 Å².